The summed E-state index contributed by atoms with van der Waals surface area (Å²) in [5.74, 6) is 0. The lowest BCUT2D eigenvalue weighted by Crippen LogP contribution is -2.25. The van der Waals surface area contributed by atoms with E-state index in [1.54, 1.807) is 0 Å². The van der Waals surface area contributed by atoms with Crippen LogP contribution in [0, 0.1) is 0 Å². The van der Waals surface area contributed by atoms with Crippen molar-refractivity contribution in [3.8, 4) is 0 Å². The molecule has 1 aliphatic heterocycles. The largest absolute Gasteiger partial charge is 0.382 e. The lowest BCUT2D eigenvalue weighted by molar-refractivity contribution is 0.0649. The van der Waals surface area contributed by atoms with Crippen LogP contribution in [0.15, 0.2) is 0 Å². The first-order valence-corrected chi connectivity index (χ1v) is 6.86. The van der Waals surface area contributed by atoms with Gasteiger partial charge in [-0.25, -0.2) is 0 Å². The Morgan fingerprint density at radius 3 is 3.00 bits per heavy atom. The van der Waals surface area contributed by atoms with Gasteiger partial charge in [0.1, 0.15) is 0 Å². The van der Waals surface area contributed by atoms with Gasteiger partial charge in [-0.2, -0.15) is 0 Å². The third-order valence-corrected chi connectivity index (χ3v) is 4.60. The molecule has 0 spiro atoms. The number of ether oxygens (including phenoxy) is 1. The summed E-state index contributed by atoms with van der Waals surface area (Å²) in [4.78, 5) is 0. The highest BCUT2D eigenvalue weighted by molar-refractivity contribution is 6.37. The Morgan fingerprint density at radius 1 is 1.45 bits per heavy atom. The molecule has 0 aliphatic carbocycles. The lowest BCUT2D eigenvalue weighted by Gasteiger charge is -2.21. The van der Waals surface area contributed by atoms with Gasteiger partial charge in [-0.1, -0.05) is 25.8 Å². The fourth-order valence-corrected chi connectivity index (χ4v) is 3.81. The van der Waals surface area contributed by atoms with Gasteiger partial charge in [0.25, 0.3) is 0 Å². The average Bonchev–Trinajstić information content (AvgIpc) is 2.07. The second-order valence-corrected chi connectivity index (χ2v) is 5.68. The summed E-state index contributed by atoms with van der Waals surface area (Å²) in [5.41, 5.74) is 0.746. The summed E-state index contributed by atoms with van der Waals surface area (Å²) < 4.78 is 5.69. The maximum atomic E-state index is 5.69. The first-order valence-electron chi connectivity index (χ1n) is 5.05. The third kappa shape index (κ3) is 3.92. The Balaban J connectivity index is 1.96. The minimum absolute atomic E-state index is 0.132. The van der Waals surface area contributed by atoms with Gasteiger partial charge in [0, 0.05) is 12.3 Å². The van der Waals surface area contributed by atoms with E-state index in [9.17, 15) is 0 Å². The Hall–Kier alpha value is 0.177. The van der Waals surface area contributed by atoms with Crippen LogP contribution in [-0.2, 0) is 4.74 Å². The van der Waals surface area contributed by atoms with E-state index in [4.69, 9.17) is 4.74 Å². The molecular formula is C9H20OSi. The highest BCUT2D eigenvalue weighted by Crippen LogP contribution is 2.13. The minimum atomic E-state index is 0.132. The van der Waals surface area contributed by atoms with E-state index in [1.807, 2.05) is 0 Å². The molecule has 0 aromatic carbocycles. The van der Waals surface area contributed by atoms with E-state index in [2.05, 4.69) is 6.92 Å². The summed E-state index contributed by atoms with van der Waals surface area (Å²) in [6.07, 6.45) is 6.89. The molecule has 11 heavy (non-hydrogen) atoms. The summed E-state index contributed by atoms with van der Waals surface area (Å²) >= 11 is 0. The normalized spacial score (nSPS) is 26.5. The molecule has 2 heteroatoms. The fraction of sp³-hybridized carbons (Fsp3) is 1.00. The van der Waals surface area contributed by atoms with Crippen LogP contribution in [-0.4, -0.2) is 21.9 Å². The zero-order valence-electron chi connectivity index (χ0n) is 7.64. The molecule has 0 N–H and O–H groups in total. The quantitative estimate of drug-likeness (QED) is 0.465. The standard InChI is InChI=1S/C9H20OSi/c1-2-3-8-11-9-6-4-5-7-10-9/h9H,2-8,11H2,1H3. The number of unbranched alkanes of at least 4 members (excludes halogenated alkanes) is 1. The van der Waals surface area contributed by atoms with Crippen molar-refractivity contribution in [1.82, 2.24) is 0 Å². The SMILES string of the molecule is CCCC[SiH2]C1CCCCO1. The molecule has 0 aromatic heterocycles. The Labute approximate surface area is 72.3 Å². The lowest BCUT2D eigenvalue weighted by atomic mass is 10.2. The predicted octanol–water partition coefficient (Wildman–Crippen LogP) is 1.90. The zero-order valence-corrected chi connectivity index (χ0v) is 9.06. The summed E-state index contributed by atoms with van der Waals surface area (Å²) in [6.45, 7) is 3.32. The van der Waals surface area contributed by atoms with E-state index in [1.165, 1.54) is 38.1 Å². The van der Waals surface area contributed by atoms with Crippen molar-refractivity contribution < 1.29 is 4.74 Å². The molecule has 1 saturated heterocycles. The van der Waals surface area contributed by atoms with Crippen molar-refractivity contribution in [2.24, 2.45) is 0 Å². The first-order chi connectivity index (χ1) is 5.43. The summed E-state index contributed by atoms with van der Waals surface area (Å²) in [5, 5.41) is 0. The molecule has 0 radical (unpaired) electrons. The van der Waals surface area contributed by atoms with Gasteiger partial charge in [0.2, 0.25) is 0 Å². The molecule has 1 unspecified atom stereocenters. The molecule has 66 valence electrons. The van der Waals surface area contributed by atoms with Crippen LogP contribution < -0.4 is 0 Å². The fourth-order valence-electron chi connectivity index (χ4n) is 1.66. The molecule has 0 aromatic rings. The molecule has 1 heterocycles. The van der Waals surface area contributed by atoms with Crippen molar-refractivity contribution in [3.05, 3.63) is 0 Å². The third-order valence-electron chi connectivity index (χ3n) is 2.40. The molecule has 0 amide bonds. The number of hydrogen-bond acceptors (Lipinski definition) is 1. The van der Waals surface area contributed by atoms with E-state index in [-0.39, 0.29) is 9.52 Å². The van der Waals surface area contributed by atoms with Gasteiger partial charge in [-0.3, -0.25) is 0 Å². The van der Waals surface area contributed by atoms with Crippen molar-refractivity contribution in [1.29, 1.82) is 0 Å². The van der Waals surface area contributed by atoms with Gasteiger partial charge in [0.05, 0.1) is 9.52 Å². The van der Waals surface area contributed by atoms with Crippen LogP contribution in [0.5, 0.6) is 0 Å². The van der Waals surface area contributed by atoms with Crippen LogP contribution in [0.4, 0.5) is 0 Å². The van der Waals surface area contributed by atoms with Gasteiger partial charge in [-0.05, 0) is 19.3 Å². The van der Waals surface area contributed by atoms with Crippen LogP contribution >= 0.6 is 0 Å². The van der Waals surface area contributed by atoms with Crippen LogP contribution in [0.1, 0.15) is 39.0 Å². The van der Waals surface area contributed by atoms with Gasteiger partial charge in [0.15, 0.2) is 0 Å². The molecule has 1 atom stereocenters. The van der Waals surface area contributed by atoms with E-state index >= 15 is 0 Å². The molecule has 1 rings (SSSR count). The van der Waals surface area contributed by atoms with Gasteiger partial charge < -0.3 is 4.74 Å². The number of hydrogen-bond donors (Lipinski definition) is 0. The van der Waals surface area contributed by atoms with Crippen molar-refractivity contribution in [3.63, 3.8) is 0 Å². The van der Waals surface area contributed by atoms with Crippen molar-refractivity contribution >= 4 is 9.52 Å². The van der Waals surface area contributed by atoms with Crippen LogP contribution in [0.2, 0.25) is 6.04 Å². The molecule has 0 bridgehead atoms. The molecule has 1 aliphatic rings. The summed E-state index contributed by atoms with van der Waals surface area (Å²) in [7, 11) is 0.132. The Kier molecular flexibility index (Phi) is 4.87. The molecular weight excluding hydrogens is 152 g/mol. The van der Waals surface area contributed by atoms with Crippen LogP contribution in [0.3, 0.4) is 0 Å². The zero-order chi connectivity index (χ0) is 7.94. The molecule has 1 nitrogen and oxygen atoms in total. The van der Waals surface area contributed by atoms with Crippen LogP contribution in [0.25, 0.3) is 0 Å². The topological polar surface area (TPSA) is 9.23 Å². The van der Waals surface area contributed by atoms with E-state index in [0.717, 1.165) is 12.3 Å². The highest BCUT2D eigenvalue weighted by Gasteiger charge is 2.12. The second-order valence-electron chi connectivity index (χ2n) is 3.48. The highest BCUT2D eigenvalue weighted by atomic mass is 28.2. The molecule has 1 fully saturated rings. The molecule has 0 saturated carbocycles. The maximum absolute atomic E-state index is 5.69. The van der Waals surface area contributed by atoms with Gasteiger partial charge in [-0.15, -0.1) is 0 Å². The number of rotatable bonds is 4. The predicted molar refractivity (Wildman–Crippen MR) is 51.9 cm³/mol. The monoisotopic (exact) mass is 172 g/mol. The second kappa shape index (κ2) is 5.78. The van der Waals surface area contributed by atoms with Gasteiger partial charge >= 0.3 is 0 Å². The average molecular weight is 172 g/mol. The minimum Gasteiger partial charge on any atom is -0.382 e. The van der Waals surface area contributed by atoms with Crippen molar-refractivity contribution in [2.45, 2.75) is 50.8 Å². The Bertz CT molecular complexity index is 89.6. The summed E-state index contributed by atoms with van der Waals surface area (Å²) in [6, 6.07) is 1.50. The maximum Gasteiger partial charge on any atom is 0.0555 e. The van der Waals surface area contributed by atoms with E-state index in [0.29, 0.717) is 0 Å². The van der Waals surface area contributed by atoms with E-state index < -0.39 is 0 Å². The van der Waals surface area contributed by atoms with Crippen molar-refractivity contribution in [2.75, 3.05) is 6.61 Å². The first kappa shape index (κ1) is 9.27. The Morgan fingerprint density at radius 2 is 2.36 bits per heavy atom. The smallest absolute Gasteiger partial charge is 0.0555 e.